The summed E-state index contributed by atoms with van der Waals surface area (Å²) in [5, 5.41) is 2.85. The summed E-state index contributed by atoms with van der Waals surface area (Å²) < 4.78 is 2.16. The zero-order valence-electron chi connectivity index (χ0n) is 18.6. The van der Waals surface area contributed by atoms with Crippen LogP contribution in [-0.4, -0.2) is 46.9 Å². The van der Waals surface area contributed by atoms with Gasteiger partial charge in [0.1, 0.15) is 5.82 Å². The molecule has 3 atom stereocenters. The molecule has 29 heavy (non-hydrogen) atoms. The van der Waals surface area contributed by atoms with E-state index >= 15 is 0 Å². The summed E-state index contributed by atoms with van der Waals surface area (Å²) in [5.41, 5.74) is 7.77. The van der Waals surface area contributed by atoms with E-state index in [1.165, 1.54) is 0 Å². The van der Waals surface area contributed by atoms with Crippen LogP contribution in [0.2, 0.25) is 0 Å². The molecule has 0 radical (unpaired) electrons. The van der Waals surface area contributed by atoms with Gasteiger partial charge in [-0.1, -0.05) is 33.8 Å². The van der Waals surface area contributed by atoms with Crippen molar-refractivity contribution < 1.29 is 9.59 Å². The standard InChI is InChI=1S/C22H35N5O2/c1-13-7-9-14(10-8-13)20-25-18(19(23)28)16-12-26(6)11-15(27(16)20)17(21(29)24-5)22(2,3)4/h9,13,15,17H,7-8,10-12H2,1-6H3,(H2,23,28)(H,24,29)/t13?,15?,17-/m0/s1. The van der Waals surface area contributed by atoms with Crippen molar-refractivity contribution in [3.63, 3.8) is 0 Å². The number of aromatic nitrogens is 2. The number of hydrogen-bond donors (Lipinski definition) is 2. The van der Waals surface area contributed by atoms with Crippen LogP contribution in [0.3, 0.4) is 0 Å². The van der Waals surface area contributed by atoms with Crippen LogP contribution in [0.15, 0.2) is 6.08 Å². The zero-order valence-corrected chi connectivity index (χ0v) is 18.6. The van der Waals surface area contributed by atoms with Gasteiger partial charge in [0.25, 0.3) is 5.91 Å². The minimum Gasteiger partial charge on any atom is -0.364 e. The first-order chi connectivity index (χ1) is 13.5. The van der Waals surface area contributed by atoms with Gasteiger partial charge in [0.15, 0.2) is 5.69 Å². The van der Waals surface area contributed by atoms with Crippen LogP contribution in [0.5, 0.6) is 0 Å². The lowest BCUT2D eigenvalue weighted by molar-refractivity contribution is -0.130. The van der Waals surface area contributed by atoms with E-state index in [2.05, 4.69) is 48.6 Å². The molecule has 7 heteroatoms. The lowest BCUT2D eigenvalue weighted by Crippen LogP contribution is -2.48. The summed E-state index contributed by atoms with van der Waals surface area (Å²) in [6.45, 7) is 9.84. The number of nitrogens with two attached hydrogens (primary N) is 1. The Morgan fingerprint density at radius 1 is 1.34 bits per heavy atom. The van der Waals surface area contributed by atoms with E-state index < -0.39 is 5.91 Å². The van der Waals surface area contributed by atoms with Crippen molar-refractivity contribution in [2.75, 3.05) is 20.6 Å². The van der Waals surface area contributed by atoms with Crippen molar-refractivity contribution in [3.8, 4) is 0 Å². The number of amides is 2. The van der Waals surface area contributed by atoms with Gasteiger partial charge in [0.05, 0.1) is 17.7 Å². The van der Waals surface area contributed by atoms with Crippen molar-refractivity contribution in [1.29, 1.82) is 0 Å². The van der Waals surface area contributed by atoms with Gasteiger partial charge in [-0.25, -0.2) is 4.98 Å². The van der Waals surface area contributed by atoms with Crippen molar-refractivity contribution in [2.45, 2.75) is 59.5 Å². The van der Waals surface area contributed by atoms with Crippen LogP contribution >= 0.6 is 0 Å². The molecule has 0 spiro atoms. The van der Waals surface area contributed by atoms with E-state index in [0.29, 0.717) is 24.7 Å². The number of nitrogens with one attached hydrogen (secondary N) is 1. The fraction of sp³-hybridized carbons (Fsp3) is 0.682. The van der Waals surface area contributed by atoms with Gasteiger partial charge in [-0.15, -0.1) is 0 Å². The monoisotopic (exact) mass is 401 g/mol. The second-order valence-electron chi connectivity index (χ2n) is 9.80. The summed E-state index contributed by atoms with van der Waals surface area (Å²) in [7, 11) is 3.70. The lowest BCUT2D eigenvalue weighted by Gasteiger charge is -2.42. The third kappa shape index (κ3) is 4.10. The van der Waals surface area contributed by atoms with Crippen molar-refractivity contribution in [2.24, 2.45) is 23.0 Å². The van der Waals surface area contributed by atoms with Gasteiger partial charge >= 0.3 is 0 Å². The minimum absolute atomic E-state index is 0.00951. The van der Waals surface area contributed by atoms with Gasteiger partial charge in [-0.05, 0) is 43.2 Å². The Balaban J connectivity index is 2.21. The first-order valence-electron chi connectivity index (χ1n) is 10.5. The molecule has 0 saturated carbocycles. The number of likely N-dealkylation sites (N-methyl/N-ethyl adjacent to an activating group) is 1. The molecule has 2 amide bonds. The molecule has 2 unspecified atom stereocenters. The van der Waals surface area contributed by atoms with Crippen LogP contribution in [0, 0.1) is 17.3 Å². The molecule has 2 aliphatic rings. The highest BCUT2D eigenvalue weighted by atomic mass is 16.2. The van der Waals surface area contributed by atoms with Gasteiger partial charge in [0, 0.05) is 20.1 Å². The predicted octanol–water partition coefficient (Wildman–Crippen LogP) is 2.58. The van der Waals surface area contributed by atoms with Crippen molar-refractivity contribution >= 4 is 17.4 Å². The molecule has 0 fully saturated rings. The number of fused-ring (bicyclic) bond motifs is 1. The van der Waals surface area contributed by atoms with Crippen LogP contribution < -0.4 is 11.1 Å². The summed E-state index contributed by atoms with van der Waals surface area (Å²) in [5.74, 6) is 0.698. The van der Waals surface area contributed by atoms with Crippen molar-refractivity contribution in [1.82, 2.24) is 19.8 Å². The van der Waals surface area contributed by atoms with Crippen LogP contribution in [0.1, 0.15) is 75.0 Å². The maximum absolute atomic E-state index is 13.0. The topological polar surface area (TPSA) is 93.2 Å². The maximum Gasteiger partial charge on any atom is 0.269 e. The normalized spacial score (nSPS) is 23.9. The molecule has 2 heterocycles. The molecule has 0 saturated heterocycles. The van der Waals surface area contributed by atoms with Crippen LogP contribution in [-0.2, 0) is 11.3 Å². The highest BCUT2D eigenvalue weighted by Crippen LogP contribution is 2.42. The maximum atomic E-state index is 13.0. The number of allylic oxidation sites excluding steroid dienone is 2. The lowest BCUT2D eigenvalue weighted by atomic mass is 9.74. The largest absolute Gasteiger partial charge is 0.364 e. The Labute approximate surface area is 173 Å². The number of rotatable bonds is 4. The minimum atomic E-state index is -0.508. The van der Waals surface area contributed by atoms with Crippen LogP contribution in [0.4, 0.5) is 0 Å². The Morgan fingerprint density at radius 2 is 2.03 bits per heavy atom. The number of primary amides is 1. The zero-order chi connectivity index (χ0) is 21.5. The summed E-state index contributed by atoms with van der Waals surface area (Å²) in [4.78, 5) is 32.1. The Hall–Kier alpha value is -2.15. The molecule has 7 nitrogen and oxygen atoms in total. The van der Waals surface area contributed by atoms with Crippen LogP contribution in [0.25, 0.3) is 5.57 Å². The van der Waals surface area contributed by atoms with Gasteiger partial charge in [-0.3, -0.25) is 14.5 Å². The van der Waals surface area contributed by atoms with Gasteiger partial charge < -0.3 is 15.6 Å². The highest BCUT2D eigenvalue weighted by molar-refractivity contribution is 5.93. The van der Waals surface area contributed by atoms with E-state index in [1.807, 2.05) is 7.05 Å². The fourth-order valence-corrected chi connectivity index (χ4v) is 4.84. The number of imidazole rings is 1. The van der Waals surface area contributed by atoms with E-state index in [4.69, 9.17) is 10.7 Å². The molecule has 1 aromatic rings. The van der Waals surface area contributed by atoms with Gasteiger partial charge in [-0.2, -0.15) is 0 Å². The average molecular weight is 402 g/mol. The molecule has 1 aliphatic heterocycles. The fourth-order valence-electron chi connectivity index (χ4n) is 4.84. The van der Waals surface area contributed by atoms with Crippen molar-refractivity contribution in [3.05, 3.63) is 23.3 Å². The molecule has 0 aromatic carbocycles. The van der Waals surface area contributed by atoms with E-state index in [9.17, 15) is 9.59 Å². The first-order valence-corrected chi connectivity index (χ1v) is 10.5. The second kappa shape index (κ2) is 7.94. The van der Waals surface area contributed by atoms with E-state index in [1.54, 1.807) is 7.05 Å². The molecule has 160 valence electrons. The molecular formula is C22H35N5O2. The molecule has 1 aromatic heterocycles. The number of carbonyl (C=O) groups excluding carboxylic acids is 2. The number of hydrogen-bond acceptors (Lipinski definition) is 4. The number of nitrogens with zero attached hydrogens (tertiary/aromatic N) is 3. The van der Waals surface area contributed by atoms with E-state index in [-0.39, 0.29) is 23.3 Å². The third-order valence-electron chi connectivity index (χ3n) is 6.30. The first kappa shape index (κ1) is 21.6. The molecular weight excluding hydrogens is 366 g/mol. The molecule has 0 bridgehead atoms. The molecule has 3 rings (SSSR count). The summed E-state index contributed by atoms with van der Waals surface area (Å²) in [6, 6.07) is -0.125. The molecule has 1 aliphatic carbocycles. The highest BCUT2D eigenvalue weighted by Gasteiger charge is 2.43. The quantitative estimate of drug-likeness (QED) is 0.811. The Kier molecular flexibility index (Phi) is 5.90. The van der Waals surface area contributed by atoms with E-state index in [0.717, 1.165) is 36.4 Å². The SMILES string of the molecule is CNC(=O)[C@H](C1CN(C)Cc2c(C(N)=O)nc(C3=CCC(C)CC3)n21)C(C)(C)C. The number of carbonyl (C=O) groups is 2. The smallest absolute Gasteiger partial charge is 0.269 e. The summed E-state index contributed by atoms with van der Waals surface area (Å²) >= 11 is 0. The third-order valence-corrected chi connectivity index (χ3v) is 6.30. The predicted molar refractivity (Wildman–Crippen MR) is 114 cm³/mol. The average Bonchev–Trinajstić information content (AvgIpc) is 3.00. The Bertz CT molecular complexity index is 833. The van der Waals surface area contributed by atoms with Gasteiger partial charge in [0.2, 0.25) is 5.91 Å². The Morgan fingerprint density at radius 3 is 2.55 bits per heavy atom. The molecule has 3 N–H and O–H groups in total. The summed E-state index contributed by atoms with van der Waals surface area (Å²) in [6.07, 6.45) is 5.28. The second-order valence-corrected chi connectivity index (χ2v) is 9.80.